The summed E-state index contributed by atoms with van der Waals surface area (Å²) in [5.41, 5.74) is 2.72. The summed E-state index contributed by atoms with van der Waals surface area (Å²) in [7, 11) is 0. The molecule has 1 aromatic carbocycles. The number of benzene rings is 1. The first kappa shape index (κ1) is 19.8. The summed E-state index contributed by atoms with van der Waals surface area (Å²) in [5, 5.41) is 3.20. The van der Waals surface area contributed by atoms with Gasteiger partial charge in [-0.3, -0.25) is 14.6 Å². The van der Waals surface area contributed by atoms with Crippen molar-refractivity contribution in [2.24, 2.45) is 0 Å². The molecular weight excluding hydrogens is 374 g/mol. The molecular formula is C22H22ClN3O2. The van der Waals surface area contributed by atoms with Crippen molar-refractivity contribution in [3.8, 4) is 0 Å². The quantitative estimate of drug-likeness (QED) is 0.670. The van der Waals surface area contributed by atoms with Crippen LogP contribution < -0.4 is 10.7 Å². The molecule has 0 fully saturated rings. The van der Waals surface area contributed by atoms with Crippen LogP contribution in [0.3, 0.4) is 0 Å². The zero-order valence-electron chi connectivity index (χ0n) is 15.9. The molecule has 0 aliphatic carbocycles. The van der Waals surface area contributed by atoms with E-state index in [1.165, 1.54) is 6.07 Å². The average Bonchev–Trinajstić information content (AvgIpc) is 2.67. The number of aryl methyl sites for hydroxylation is 1. The molecule has 0 bridgehead atoms. The lowest BCUT2D eigenvalue weighted by Crippen LogP contribution is -2.28. The van der Waals surface area contributed by atoms with Gasteiger partial charge in [-0.05, 0) is 37.6 Å². The summed E-state index contributed by atoms with van der Waals surface area (Å²) in [4.78, 5) is 30.1. The van der Waals surface area contributed by atoms with Gasteiger partial charge in [-0.25, -0.2) is 0 Å². The summed E-state index contributed by atoms with van der Waals surface area (Å²) < 4.78 is 1.99. The summed E-state index contributed by atoms with van der Waals surface area (Å²) >= 11 is 6.15. The Bertz CT molecular complexity index is 1050. The number of halogens is 1. The number of carbonyl (C=O) groups excluding carboxylic acids is 1. The molecule has 3 aromatic rings. The third-order valence-corrected chi connectivity index (χ3v) is 4.84. The highest BCUT2D eigenvalue weighted by molar-refractivity contribution is 6.33. The fraction of sp³-hybridized carbons (Fsp3) is 0.227. The molecule has 5 nitrogen and oxygen atoms in total. The van der Waals surface area contributed by atoms with E-state index in [1.54, 1.807) is 30.5 Å². The second-order valence-corrected chi connectivity index (χ2v) is 6.97. The number of amides is 1. The molecule has 2 heterocycles. The third kappa shape index (κ3) is 4.31. The SMILES string of the molecule is CCCc1c(C(=O)Nc2ccccc2Cl)c(=O)cc(C)n1Cc1ccccn1. The molecule has 2 aromatic heterocycles. The van der Waals surface area contributed by atoms with Crippen LogP contribution in [0.15, 0.2) is 59.5 Å². The maximum Gasteiger partial charge on any atom is 0.261 e. The van der Waals surface area contributed by atoms with Gasteiger partial charge in [-0.1, -0.05) is 43.1 Å². The maximum atomic E-state index is 13.0. The van der Waals surface area contributed by atoms with E-state index in [0.717, 1.165) is 17.8 Å². The summed E-state index contributed by atoms with van der Waals surface area (Å²) in [6.07, 6.45) is 3.14. The molecule has 6 heteroatoms. The average molecular weight is 396 g/mol. The fourth-order valence-corrected chi connectivity index (χ4v) is 3.37. The van der Waals surface area contributed by atoms with Gasteiger partial charge in [-0.2, -0.15) is 0 Å². The summed E-state index contributed by atoms with van der Waals surface area (Å²) in [5.74, 6) is -0.448. The molecule has 0 spiro atoms. The number of carbonyl (C=O) groups is 1. The van der Waals surface area contributed by atoms with Gasteiger partial charge in [0.2, 0.25) is 0 Å². The second kappa shape index (κ2) is 8.85. The number of aromatic nitrogens is 2. The minimum atomic E-state index is -0.448. The molecule has 0 saturated heterocycles. The molecule has 0 aliphatic heterocycles. The van der Waals surface area contributed by atoms with Crippen molar-refractivity contribution in [3.05, 3.63) is 92.6 Å². The molecule has 0 atom stereocenters. The van der Waals surface area contributed by atoms with Crippen molar-refractivity contribution in [3.63, 3.8) is 0 Å². The van der Waals surface area contributed by atoms with Crippen molar-refractivity contribution >= 4 is 23.2 Å². The van der Waals surface area contributed by atoms with Crippen molar-refractivity contribution in [2.75, 3.05) is 5.32 Å². The number of anilines is 1. The van der Waals surface area contributed by atoms with Crippen molar-refractivity contribution < 1.29 is 4.79 Å². The highest BCUT2D eigenvalue weighted by Gasteiger charge is 2.21. The largest absolute Gasteiger partial charge is 0.342 e. The number of pyridine rings is 2. The monoisotopic (exact) mass is 395 g/mol. The smallest absolute Gasteiger partial charge is 0.261 e. The van der Waals surface area contributed by atoms with Crippen LogP contribution in [0.25, 0.3) is 0 Å². The molecule has 0 saturated carbocycles. The lowest BCUT2D eigenvalue weighted by atomic mass is 10.1. The Labute approximate surface area is 169 Å². The zero-order valence-corrected chi connectivity index (χ0v) is 16.7. The molecule has 28 heavy (non-hydrogen) atoms. The van der Waals surface area contributed by atoms with E-state index in [2.05, 4.69) is 10.3 Å². The predicted octanol–water partition coefficient (Wildman–Crippen LogP) is 4.46. The second-order valence-electron chi connectivity index (χ2n) is 6.56. The summed E-state index contributed by atoms with van der Waals surface area (Å²) in [6, 6.07) is 14.2. The van der Waals surface area contributed by atoms with Crippen LogP contribution in [0, 0.1) is 6.92 Å². The van der Waals surface area contributed by atoms with E-state index in [9.17, 15) is 9.59 Å². The van der Waals surface area contributed by atoms with E-state index in [4.69, 9.17) is 11.6 Å². The van der Waals surface area contributed by atoms with Crippen LogP contribution in [0.5, 0.6) is 0 Å². The van der Waals surface area contributed by atoms with Gasteiger partial charge >= 0.3 is 0 Å². The van der Waals surface area contributed by atoms with E-state index in [0.29, 0.717) is 29.4 Å². The Morgan fingerprint density at radius 3 is 2.61 bits per heavy atom. The topological polar surface area (TPSA) is 64.0 Å². The fourth-order valence-electron chi connectivity index (χ4n) is 3.19. The molecule has 0 radical (unpaired) electrons. The molecule has 144 valence electrons. The van der Waals surface area contributed by atoms with Gasteiger partial charge in [0.05, 0.1) is 22.9 Å². The molecule has 3 rings (SSSR count). The van der Waals surface area contributed by atoms with Crippen molar-refractivity contribution in [1.29, 1.82) is 0 Å². The van der Waals surface area contributed by atoms with E-state index >= 15 is 0 Å². The van der Waals surface area contributed by atoms with Crippen LogP contribution >= 0.6 is 11.6 Å². The van der Waals surface area contributed by atoms with Gasteiger partial charge in [-0.15, -0.1) is 0 Å². The van der Waals surface area contributed by atoms with Crippen LogP contribution in [0.2, 0.25) is 5.02 Å². The van der Waals surface area contributed by atoms with E-state index in [-0.39, 0.29) is 11.0 Å². The Balaban J connectivity index is 2.07. The first-order valence-corrected chi connectivity index (χ1v) is 9.58. The van der Waals surface area contributed by atoms with Crippen molar-refractivity contribution in [2.45, 2.75) is 33.2 Å². The number of nitrogens with zero attached hydrogens (tertiary/aromatic N) is 2. The van der Waals surface area contributed by atoms with E-state index in [1.807, 2.05) is 36.6 Å². The van der Waals surface area contributed by atoms with Crippen LogP contribution in [0.4, 0.5) is 5.69 Å². The maximum absolute atomic E-state index is 13.0. The van der Waals surface area contributed by atoms with Gasteiger partial charge in [0.1, 0.15) is 5.56 Å². The van der Waals surface area contributed by atoms with Crippen LogP contribution in [-0.2, 0) is 13.0 Å². The first-order valence-electron chi connectivity index (χ1n) is 9.20. The molecule has 1 N–H and O–H groups in total. The van der Waals surface area contributed by atoms with Gasteiger partial charge in [0, 0.05) is 23.7 Å². The van der Waals surface area contributed by atoms with Crippen LogP contribution in [0.1, 0.15) is 40.8 Å². The number of hydrogen-bond donors (Lipinski definition) is 1. The Kier molecular flexibility index (Phi) is 6.26. The van der Waals surface area contributed by atoms with Crippen LogP contribution in [-0.4, -0.2) is 15.5 Å². The third-order valence-electron chi connectivity index (χ3n) is 4.51. The predicted molar refractivity (Wildman–Crippen MR) is 112 cm³/mol. The van der Waals surface area contributed by atoms with Crippen molar-refractivity contribution in [1.82, 2.24) is 9.55 Å². The van der Waals surface area contributed by atoms with Gasteiger partial charge < -0.3 is 9.88 Å². The summed E-state index contributed by atoms with van der Waals surface area (Å²) in [6.45, 7) is 4.39. The Morgan fingerprint density at radius 1 is 1.18 bits per heavy atom. The normalized spacial score (nSPS) is 10.7. The Hall–Kier alpha value is -2.92. The number of hydrogen-bond acceptors (Lipinski definition) is 3. The van der Waals surface area contributed by atoms with Gasteiger partial charge in [0.15, 0.2) is 5.43 Å². The lowest BCUT2D eigenvalue weighted by Gasteiger charge is -2.20. The highest BCUT2D eigenvalue weighted by Crippen LogP contribution is 2.22. The van der Waals surface area contributed by atoms with Gasteiger partial charge in [0.25, 0.3) is 5.91 Å². The lowest BCUT2D eigenvalue weighted by molar-refractivity contribution is 0.102. The highest BCUT2D eigenvalue weighted by atomic mass is 35.5. The number of para-hydroxylation sites is 1. The molecule has 1 amide bonds. The number of rotatable bonds is 6. The van der Waals surface area contributed by atoms with E-state index < -0.39 is 5.91 Å². The minimum Gasteiger partial charge on any atom is -0.342 e. The molecule has 0 unspecified atom stereocenters. The minimum absolute atomic E-state index is 0.156. The standard InChI is InChI=1S/C22H22ClN3O2/c1-3-8-19-21(22(28)25-18-11-5-4-10-17(18)23)20(27)13-15(2)26(19)14-16-9-6-7-12-24-16/h4-7,9-13H,3,8,14H2,1-2H3,(H,25,28). The zero-order chi connectivity index (χ0) is 20.1. The first-order chi connectivity index (χ1) is 13.5. The number of nitrogens with one attached hydrogen (secondary N) is 1. The Morgan fingerprint density at radius 2 is 1.93 bits per heavy atom. The molecule has 0 aliphatic rings.